The maximum atomic E-state index is 13.0. The van der Waals surface area contributed by atoms with E-state index in [1.54, 1.807) is 37.4 Å². The highest BCUT2D eigenvalue weighted by atomic mass is 32.2. The number of thioether (sulfide) groups is 1. The van der Waals surface area contributed by atoms with E-state index >= 15 is 0 Å². The van der Waals surface area contributed by atoms with E-state index in [1.807, 2.05) is 48.5 Å². The fourth-order valence-corrected chi connectivity index (χ4v) is 4.02. The van der Waals surface area contributed by atoms with Gasteiger partial charge in [-0.1, -0.05) is 48.5 Å². The minimum atomic E-state index is -0.457. The third kappa shape index (κ3) is 5.12. The molecule has 2 amide bonds. The number of ether oxygens (including phenoxy) is 1. The molecule has 0 aliphatic heterocycles. The van der Waals surface area contributed by atoms with Gasteiger partial charge in [-0.15, -0.1) is 11.8 Å². The Morgan fingerprint density at radius 2 is 1.72 bits per heavy atom. The lowest BCUT2D eigenvalue weighted by molar-refractivity contribution is -0.113. The number of carbonyl (C=O) groups excluding carboxylic acids is 2. The fraction of sp³-hybridized carbons (Fsp3) is 0.120. The summed E-state index contributed by atoms with van der Waals surface area (Å²) in [6, 6.07) is 24.2. The maximum Gasteiger partial charge on any atom is 0.293 e. The molecule has 0 bridgehead atoms. The first-order valence-electron chi connectivity index (χ1n) is 10.0. The molecule has 1 heterocycles. The number of anilines is 2. The number of fused-ring (bicyclic) bond motifs is 1. The van der Waals surface area contributed by atoms with E-state index in [4.69, 9.17) is 9.15 Å². The van der Waals surface area contributed by atoms with Crippen LogP contribution in [0.5, 0.6) is 5.75 Å². The molecule has 2 N–H and O–H groups in total. The van der Waals surface area contributed by atoms with Crippen LogP contribution < -0.4 is 15.4 Å². The van der Waals surface area contributed by atoms with Crippen LogP contribution in [0.1, 0.15) is 16.1 Å². The highest BCUT2D eigenvalue weighted by molar-refractivity contribution is 7.99. The number of rotatable bonds is 8. The maximum absolute atomic E-state index is 13.0. The Morgan fingerprint density at radius 3 is 2.53 bits per heavy atom. The molecule has 4 aromatic rings. The lowest BCUT2D eigenvalue weighted by Gasteiger charge is -2.08. The Labute approximate surface area is 190 Å². The zero-order chi connectivity index (χ0) is 22.3. The highest BCUT2D eigenvalue weighted by Crippen LogP contribution is 2.32. The lowest BCUT2D eigenvalue weighted by Crippen LogP contribution is -2.18. The van der Waals surface area contributed by atoms with Crippen LogP contribution in [-0.2, 0) is 10.5 Å². The summed E-state index contributed by atoms with van der Waals surface area (Å²) in [7, 11) is 1.56. The molecule has 4 rings (SSSR count). The first-order valence-corrected chi connectivity index (χ1v) is 11.2. The molecule has 0 fully saturated rings. The van der Waals surface area contributed by atoms with Crippen LogP contribution in [0.3, 0.4) is 0 Å². The topological polar surface area (TPSA) is 80.6 Å². The molecule has 6 nitrogen and oxygen atoms in total. The molecule has 0 saturated carbocycles. The van der Waals surface area contributed by atoms with Gasteiger partial charge in [0.1, 0.15) is 17.0 Å². The van der Waals surface area contributed by atoms with Gasteiger partial charge < -0.3 is 19.8 Å². The van der Waals surface area contributed by atoms with Gasteiger partial charge >= 0.3 is 0 Å². The first-order chi connectivity index (χ1) is 15.6. The number of hydrogen-bond acceptors (Lipinski definition) is 5. The third-order valence-corrected chi connectivity index (χ3v) is 5.74. The zero-order valence-corrected chi connectivity index (χ0v) is 18.3. The molecule has 0 aliphatic carbocycles. The van der Waals surface area contributed by atoms with E-state index in [2.05, 4.69) is 10.6 Å². The van der Waals surface area contributed by atoms with Gasteiger partial charge in [0.15, 0.2) is 0 Å². The number of carbonyl (C=O) groups is 2. The van der Waals surface area contributed by atoms with Crippen molar-refractivity contribution in [1.82, 2.24) is 0 Å². The van der Waals surface area contributed by atoms with Gasteiger partial charge in [0.05, 0.1) is 12.9 Å². The van der Waals surface area contributed by atoms with Crippen LogP contribution >= 0.6 is 11.8 Å². The van der Waals surface area contributed by atoms with Gasteiger partial charge in [0.2, 0.25) is 11.7 Å². The summed E-state index contributed by atoms with van der Waals surface area (Å²) < 4.78 is 11.0. The molecule has 1 aromatic heterocycles. The van der Waals surface area contributed by atoms with E-state index in [1.165, 1.54) is 11.8 Å². The van der Waals surface area contributed by atoms with Gasteiger partial charge in [-0.25, -0.2) is 0 Å². The van der Waals surface area contributed by atoms with E-state index in [0.717, 1.165) is 11.3 Å². The molecule has 0 atom stereocenters. The number of benzene rings is 3. The Bertz CT molecular complexity index is 1240. The number of furan rings is 1. The van der Waals surface area contributed by atoms with Crippen molar-refractivity contribution in [1.29, 1.82) is 0 Å². The Kier molecular flexibility index (Phi) is 6.77. The largest absolute Gasteiger partial charge is 0.497 e. The van der Waals surface area contributed by atoms with Crippen LogP contribution in [0.2, 0.25) is 0 Å². The van der Waals surface area contributed by atoms with E-state index in [0.29, 0.717) is 28.1 Å². The monoisotopic (exact) mass is 446 g/mol. The third-order valence-electron chi connectivity index (χ3n) is 4.74. The summed E-state index contributed by atoms with van der Waals surface area (Å²) in [5, 5.41) is 6.34. The van der Waals surface area contributed by atoms with E-state index in [-0.39, 0.29) is 17.4 Å². The number of methoxy groups -OCH3 is 1. The molecule has 0 radical (unpaired) electrons. The summed E-state index contributed by atoms with van der Waals surface area (Å²) >= 11 is 1.51. The highest BCUT2D eigenvalue weighted by Gasteiger charge is 2.22. The van der Waals surface area contributed by atoms with Crippen LogP contribution in [0, 0.1) is 0 Å². The van der Waals surface area contributed by atoms with Gasteiger partial charge in [-0.05, 0) is 29.8 Å². The molecule has 3 aromatic carbocycles. The second-order valence-electron chi connectivity index (χ2n) is 7.01. The summed E-state index contributed by atoms with van der Waals surface area (Å²) in [4.78, 5) is 25.6. The molecule has 0 spiro atoms. The van der Waals surface area contributed by atoms with Gasteiger partial charge in [0.25, 0.3) is 5.91 Å². The summed E-state index contributed by atoms with van der Waals surface area (Å²) in [5.41, 5.74) is 2.60. The Morgan fingerprint density at radius 1 is 0.938 bits per heavy atom. The zero-order valence-electron chi connectivity index (χ0n) is 17.5. The second kappa shape index (κ2) is 10.1. The molecular weight excluding hydrogens is 424 g/mol. The van der Waals surface area contributed by atoms with Crippen molar-refractivity contribution >= 4 is 45.9 Å². The van der Waals surface area contributed by atoms with Gasteiger partial charge in [-0.2, -0.15) is 0 Å². The summed E-state index contributed by atoms with van der Waals surface area (Å²) in [6.07, 6.45) is 0. The number of para-hydroxylation sites is 1. The number of amides is 2. The van der Waals surface area contributed by atoms with Crippen LogP contribution in [0.4, 0.5) is 11.4 Å². The number of hydrogen-bond donors (Lipinski definition) is 2. The van der Waals surface area contributed by atoms with Gasteiger partial charge in [0, 0.05) is 22.9 Å². The fourth-order valence-electron chi connectivity index (χ4n) is 3.23. The first kappa shape index (κ1) is 21.5. The average Bonchev–Trinajstić information content (AvgIpc) is 3.18. The van der Waals surface area contributed by atoms with Crippen molar-refractivity contribution in [2.24, 2.45) is 0 Å². The van der Waals surface area contributed by atoms with Crippen LogP contribution in [0.25, 0.3) is 11.0 Å². The molecule has 0 unspecified atom stereocenters. The summed E-state index contributed by atoms with van der Waals surface area (Å²) in [6.45, 7) is 0. The second-order valence-corrected chi connectivity index (χ2v) is 8.00. The minimum Gasteiger partial charge on any atom is -0.497 e. The van der Waals surface area contributed by atoms with Crippen molar-refractivity contribution < 1.29 is 18.7 Å². The molecule has 162 valence electrons. The molecule has 32 heavy (non-hydrogen) atoms. The van der Waals surface area contributed by atoms with Crippen molar-refractivity contribution in [3.8, 4) is 5.75 Å². The van der Waals surface area contributed by atoms with E-state index < -0.39 is 5.91 Å². The Balaban J connectivity index is 1.50. The predicted octanol–water partition coefficient (Wildman–Crippen LogP) is 5.57. The van der Waals surface area contributed by atoms with Gasteiger partial charge in [-0.3, -0.25) is 9.59 Å². The quantitative estimate of drug-likeness (QED) is 0.370. The summed E-state index contributed by atoms with van der Waals surface area (Å²) in [5.74, 6) is 0.996. The normalized spacial score (nSPS) is 10.7. The number of nitrogens with one attached hydrogen (secondary N) is 2. The van der Waals surface area contributed by atoms with E-state index in [9.17, 15) is 9.59 Å². The standard InChI is InChI=1S/C25H22N2O4S/c1-30-19-11-7-10-18(14-19)26-25(29)24-23(20-12-5-6-13-21(20)31-24)27-22(28)16-32-15-17-8-3-2-4-9-17/h2-14H,15-16H2,1H3,(H,26,29)(H,27,28). The average molecular weight is 447 g/mol. The molecule has 7 heteroatoms. The Hall–Kier alpha value is -3.71. The predicted molar refractivity (Wildman–Crippen MR) is 128 cm³/mol. The smallest absolute Gasteiger partial charge is 0.293 e. The van der Waals surface area contributed by atoms with Crippen molar-refractivity contribution in [3.63, 3.8) is 0 Å². The molecular formula is C25H22N2O4S. The van der Waals surface area contributed by atoms with Crippen LogP contribution in [0.15, 0.2) is 83.3 Å². The lowest BCUT2D eigenvalue weighted by atomic mass is 10.2. The minimum absolute atomic E-state index is 0.0513. The van der Waals surface area contributed by atoms with Crippen molar-refractivity contribution in [3.05, 3.63) is 90.2 Å². The molecule has 0 saturated heterocycles. The van der Waals surface area contributed by atoms with Crippen molar-refractivity contribution in [2.75, 3.05) is 23.5 Å². The van der Waals surface area contributed by atoms with Crippen LogP contribution in [-0.4, -0.2) is 24.7 Å². The molecule has 0 aliphatic rings. The van der Waals surface area contributed by atoms with Crippen molar-refractivity contribution in [2.45, 2.75) is 5.75 Å². The SMILES string of the molecule is COc1cccc(NC(=O)c2oc3ccccc3c2NC(=O)CSCc2ccccc2)c1.